The van der Waals surface area contributed by atoms with Gasteiger partial charge in [-0.25, -0.2) is 0 Å². The normalized spacial score (nSPS) is 19.2. The van der Waals surface area contributed by atoms with Gasteiger partial charge in [0.1, 0.15) is 5.78 Å². The molecule has 0 saturated carbocycles. The van der Waals surface area contributed by atoms with E-state index in [1.807, 2.05) is 24.3 Å². The third-order valence-electron chi connectivity index (χ3n) is 3.75. The van der Waals surface area contributed by atoms with Crippen LogP contribution >= 0.6 is 15.9 Å². The first kappa shape index (κ1) is 16.2. The number of piperidine rings is 1. The third-order valence-corrected chi connectivity index (χ3v) is 4.28. The molecule has 0 aliphatic carbocycles. The van der Waals surface area contributed by atoms with E-state index in [-0.39, 0.29) is 17.7 Å². The van der Waals surface area contributed by atoms with Crippen molar-refractivity contribution in [1.29, 1.82) is 0 Å². The van der Waals surface area contributed by atoms with E-state index in [0.29, 0.717) is 13.0 Å². The summed E-state index contributed by atoms with van der Waals surface area (Å²) in [5, 5.41) is 2.90. The topological polar surface area (TPSA) is 49.4 Å². The Morgan fingerprint density at radius 3 is 2.67 bits per heavy atom. The molecular weight excluding hydrogens is 332 g/mol. The lowest BCUT2D eigenvalue weighted by Crippen LogP contribution is -2.44. The number of halogens is 1. The largest absolute Gasteiger partial charge is 0.325 e. The van der Waals surface area contributed by atoms with Crippen LogP contribution < -0.4 is 5.32 Å². The third kappa shape index (κ3) is 5.25. The number of hydrogen-bond acceptors (Lipinski definition) is 3. The summed E-state index contributed by atoms with van der Waals surface area (Å²) < 4.78 is 0.984. The number of rotatable bonds is 5. The maximum atomic E-state index is 12.1. The van der Waals surface area contributed by atoms with Crippen molar-refractivity contribution >= 4 is 33.3 Å². The Kier molecular flexibility index (Phi) is 5.94. The zero-order valence-corrected chi connectivity index (χ0v) is 13.9. The number of nitrogens with one attached hydrogen (secondary N) is 1. The van der Waals surface area contributed by atoms with Crippen molar-refractivity contribution in [3.8, 4) is 0 Å². The minimum atomic E-state index is -0.0206. The summed E-state index contributed by atoms with van der Waals surface area (Å²) in [5.41, 5.74) is 0.795. The molecule has 1 aromatic rings. The van der Waals surface area contributed by atoms with Gasteiger partial charge in [0.15, 0.2) is 0 Å². The summed E-state index contributed by atoms with van der Waals surface area (Å²) in [5.74, 6) is 0.174. The number of anilines is 1. The Bertz CT molecular complexity index is 502. The van der Waals surface area contributed by atoms with E-state index in [1.54, 1.807) is 6.92 Å². The maximum Gasteiger partial charge on any atom is 0.238 e. The van der Waals surface area contributed by atoms with Gasteiger partial charge in [-0.05, 0) is 50.6 Å². The van der Waals surface area contributed by atoms with Gasteiger partial charge in [-0.1, -0.05) is 22.4 Å². The molecule has 0 spiro atoms. The van der Waals surface area contributed by atoms with Crippen molar-refractivity contribution in [2.75, 3.05) is 18.4 Å². The molecule has 1 N–H and O–H groups in total. The molecule has 1 aliphatic heterocycles. The Labute approximate surface area is 134 Å². The van der Waals surface area contributed by atoms with Crippen molar-refractivity contribution in [2.45, 2.75) is 38.6 Å². The Morgan fingerprint density at radius 1 is 1.29 bits per heavy atom. The number of likely N-dealkylation sites (tertiary alicyclic amines) is 1. The smallest absolute Gasteiger partial charge is 0.238 e. The molecule has 0 aromatic heterocycles. The van der Waals surface area contributed by atoms with E-state index in [4.69, 9.17) is 0 Å². The molecule has 2 rings (SSSR count). The SMILES string of the molecule is CC(=O)CC1CCCCN1CC(=O)Nc1ccc(Br)cc1. The lowest BCUT2D eigenvalue weighted by Gasteiger charge is -2.34. The summed E-state index contributed by atoms with van der Waals surface area (Å²) in [6, 6.07) is 7.74. The van der Waals surface area contributed by atoms with Gasteiger partial charge in [0, 0.05) is 22.6 Å². The zero-order chi connectivity index (χ0) is 15.2. The van der Waals surface area contributed by atoms with Crippen LogP contribution in [0.4, 0.5) is 5.69 Å². The molecule has 0 bridgehead atoms. The zero-order valence-electron chi connectivity index (χ0n) is 12.3. The van der Waals surface area contributed by atoms with Crippen molar-refractivity contribution in [2.24, 2.45) is 0 Å². The lowest BCUT2D eigenvalue weighted by molar-refractivity contribution is -0.121. The summed E-state index contributed by atoms with van der Waals surface area (Å²) in [6.45, 7) is 2.87. The second-order valence-electron chi connectivity index (χ2n) is 5.58. The van der Waals surface area contributed by atoms with E-state index in [9.17, 15) is 9.59 Å². The number of benzene rings is 1. The molecule has 5 heteroatoms. The lowest BCUT2D eigenvalue weighted by atomic mass is 9.98. The monoisotopic (exact) mass is 352 g/mol. The Balaban J connectivity index is 1.90. The van der Waals surface area contributed by atoms with E-state index >= 15 is 0 Å². The maximum absolute atomic E-state index is 12.1. The van der Waals surface area contributed by atoms with Crippen LogP contribution in [0.3, 0.4) is 0 Å². The van der Waals surface area contributed by atoms with Gasteiger partial charge in [0.05, 0.1) is 6.54 Å². The first-order valence-corrected chi connectivity index (χ1v) is 8.13. The van der Waals surface area contributed by atoms with Crippen LogP contribution in [-0.2, 0) is 9.59 Å². The first-order chi connectivity index (χ1) is 10.0. The Hall–Kier alpha value is -1.20. The predicted octanol–water partition coefficient (Wildman–Crippen LogP) is 3.22. The number of carbonyl (C=O) groups excluding carboxylic acids is 2. The van der Waals surface area contributed by atoms with Gasteiger partial charge >= 0.3 is 0 Å². The van der Waals surface area contributed by atoms with Crippen LogP contribution in [0.25, 0.3) is 0 Å². The van der Waals surface area contributed by atoms with Crippen LogP contribution in [0.5, 0.6) is 0 Å². The van der Waals surface area contributed by atoms with Crippen molar-refractivity contribution < 1.29 is 9.59 Å². The predicted molar refractivity (Wildman–Crippen MR) is 87.3 cm³/mol. The van der Waals surface area contributed by atoms with Crippen molar-refractivity contribution in [3.63, 3.8) is 0 Å². The highest BCUT2D eigenvalue weighted by Crippen LogP contribution is 2.20. The van der Waals surface area contributed by atoms with E-state index < -0.39 is 0 Å². The molecule has 1 saturated heterocycles. The van der Waals surface area contributed by atoms with Crippen LogP contribution in [0.1, 0.15) is 32.6 Å². The van der Waals surface area contributed by atoms with Gasteiger partial charge in [-0.15, -0.1) is 0 Å². The summed E-state index contributed by atoms with van der Waals surface area (Å²) >= 11 is 3.37. The summed E-state index contributed by atoms with van der Waals surface area (Å²) in [6.07, 6.45) is 3.79. The average molecular weight is 353 g/mol. The second-order valence-corrected chi connectivity index (χ2v) is 6.50. The van der Waals surface area contributed by atoms with E-state index in [2.05, 4.69) is 26.1 Å². The van der Waals surface area contributed by atoms with Crippen LogP contribution in [0.2, 0.25) is 0 Å². The van der Waals surface area contributed by atoms with Gasteiger partial charge in [0.2, 0.25) is 5.91 Å². The van der Waals surface area contributed by atoms with Crippen molar-refractivity contribution in [1.82, 2.24) is 4.90 Å². The molecule has 114 valence electrons. The highest BCUT2D eigenvalue weighted by atomic mass is 79.9. The molecule has 1 heterocycles. The van der Waals surface area contributed by atoms with Crippen LogP contribution in [0.15, 0.2) is 28.7 Å². The molecule has 1 aliphatic rings. The molecule has 1 fully saturated rings. The van der Waals surface area contributed by atoms with Crippen molar-refractivity contribution in [3.05, 3.63) is 28.7 Å². The molecule has 1 unspecified atom stereocenters. The number of carbonyl (C=O) groups is 2. The first-order valence-electron chi connectivity index (χ1n) is 7.33. The highest BCUT2D eigenvalue weighted by Gasteiger charge is 2.25. The minimum Gasteiger partial charge on any atom is -0.325 e. The summed E-state index contributed by atoms with van der Waals surface area (Å²) in [4.78, 5) is 25.6. The van der Waals surface area contributed by atoms with Gasteiger partial charge in [-0.2, -0.15) is 0 Å². The number of nitrogens with zero attached hydrogens (tertiary/aromatic N) is 1. The molecule has 1 aromatic carbocycles. The van der Waals surface area contributed by atoms with Crippen LogP contribution in [-0.4, -0.2) is 35.7 Å². The molecule has 1 amide bonds. The van der Waals surface area contributed by atoms with Gasteiger partial charge < -0.3 is 5.32 Å². The highest BCUT2D eigenvalue weighted by molar-refractivity contribution is 9.10. The van der Waals surface area contributed by atoms with E-state index in [0.717, 1.165) is 36.0 Å². The Morgan fingerprint density at radius 2 is 2.00 bits per heavy atom. The average Bonchev–Trinajstić information content (AvgIpc) is 2.43. The van der Waals surface area contributed by atoms with Crippen LogP contribution in [0, 0.1) is 0 Å². The quantitative estimate of drug-likeness (QED) is 0.884. The number of ketones is 1. The summed E-state index contributed by atoms with van der Waals surface area (Å²) in [7, 11) is 0. The fourth-order valence-corrected chi connectivity index (χ4v) is 3.01. The number of Topliss-reactive ketones (excluding diaryl/α,β-unsaturated/α-hetero) is 1. The van der Waals surface area contributed by atoms with E-state index in [1.165, 1.54) is 0 Å². The molecule has 4 nitrogen and oxygen atoms in total. The number of amides is 1. The fourth-order valence-electron chi connectivity index (χ4n) is 2.75. The standard InChI is InChI=1S/C16H21BrN2O2/c1-12(20)10-15-4-2-3-9-19(15)11-16(21)18-14-7-5-13(17)6-8-14/h5-8,15H,2-4,9-11H2,1H3,(H,18,21). The fraction of sp³-hybridized carbons (Fsp3) is 0.500. The molecule has 21 heavy (non-hydrogen) atoms. The molecular formula is C16H21BrN2O2. The minimum absolute atomic E-state index is 0.0206. The number of hydrogen-bond donors (Lipinski definition) is 1. The second kappa shape index (κ2) is 7.71. The van der Waals surface area contributed by atoms with Gasteiger partial charge in [0.25, 0.3) is 0 Å². The van der Waals surface area contributed by atoms with Gasteiger partial charge in [-0.3, -0.25) is 14.5 Å². The molecule has 1 atom stereocenters. The molecule has 0 radical (unpaired) electrons.